The van der Waals surface area contributed by atoms with Gasteiger partial charge in [-0.15, -0.1) is 5.10 Å². The zero-order chi connectivity index (χ0) is 68.4. The molecule has 19 nitrogen and oxygen atoms in total. The minimum absolute atomic E-state index is 0.0433. The lowest BCUT2D eigenvalue weighted by Gasteiger charge is -2.66. The van der Waals surface area contributed by atoms with Crippen LogP contribution >= 0.6 is 19.4 Å². The summed E-state index contributed by atoms with van der Waals surface area (Å²) in [6.45, 7) is 12.1. The van der Waals surface area contributed by atoms with Crippen molar-refractivity contribution in [3.63, 3.8) is 0 Å². The van der Waals surface area contributed by atoms with E-state index in [0.29, 0.717) is 79.9 Å². The van der Waals surface area contributed by atoms with E-state index >= 15 is 8.78 Å². The number of amides is 3. The Labute approximate surface area is 554 Å². The van der Waals surface area contributed by atoms with Crippen LogP contribution in [0.5, 0.6) is 0 Å². The van der Waals surface area contributed by atoms with Gasteiger partial charge in [-0.25, -0.2) is 22.6 Å². The first-order chi connectivity index (χ1) is 44.6. The number of aliphatic hydroxyl groups is 1. The number of alkyl halides is 3. The van der Waals surface area contributed by atoms with E-state index in [0.717, 1.165) is 49.6 Å². The topological polar surface area (TPSA) is 285 Å². The fourth-order valence-electron chi connectivity index (χ4n) is 15.9. The van der Waals surface area contributed by atoms with Crippen LogP contribution in [0.4, 0.5) is 18.0 Å². The van der Waals surface area contributed by atoms with E-state index in [1.54, 1.807) is 45.0 Å². The van der Waals surface area contributed by atoms with Gasteiger partial charge in [0.2, 0.25) is 11.0 Å². The van der Waals surface area contributed by atoms with Crippen LogP contribution in [0.1, 0.15) is 192 Å². The third-order valence-electron chi connectivity index (χ3n) is 21.4. The number of fused-ring (bicyclic) bond motifs is 6. The molecular weight excluding hydrogens is 1250 g/mol. The van der Waals surface area contributed by atoms with Gasteiger partial charge in [0.15, 0.2) is 28.6 Å². The first kappa shape index (κ1) is 74.0. The highest BCUT2D eigenvalue weighted by Crippen LogP contribution is 2.77. The van der Waals surface area contributed by atoms with Crippen molar-refractivity contribution in [2.45, 2.75) is 219 Å². The first-order valence-electron chi connectivity index (χ1n) is 33.6. The van der Waals surface area contributed by atoms with E-state index in [2.05, 4.69) is 40.0 Å². The van der Waals surface area contributed by atoms with Crippen molar-refractivity contribution in [2.75, 3.05) is 25.3 Å². The number of rotatable bonds is 32. The summed E-state index contributed by atoms with van der Waals surface area (Å²) in [6, 6.07) is 12.2. The zero-order valence-electron chi connectivity index (χ0n) is 55.4. The third-order valence-corrected chi connectivity index (χ3v) is 23.5. The van der Waals surface area contributed by atoms with Crippen molar-refractivity contribution in [3.8, 4) is 5.69 Å². The number of halogens is 3. The second-order valence-corrected chi connectivity index (χ2v) is 30.6. The molecule has 13 atom stereocenters. The average Bonchev–Trinajstić information content (AvgIpc) is 1.36. The number of Topliss-reactive ketones (excluding diaryl/α,β-unsaturated/α-hetero) is 2. The van der Waals surface area contributed by atoms with Gasteiger partial charge in [0.05, 0.1) is 30.1 Å². The van der Waals surface area contributed by atoms with Crippen LogP contribution in [-0.2, 0) is 73.2 Å². The molecule has 0 spiro atoms. The molecule has 6 N–H and O–H groups in total. The van der Waals surface area contributed by atoms with Crippen molar-refractivity contribution in [2.24, 2.45) is 45.7 Å². The highest BCUT2D eigenvalue weighted by atomic mass is 32.2. The number of primary amides is 1. The van der Waals surface area contributed by atoms with Gasteiger partial charge in [-0.1, -0.05) is 128 Å². The van der Waals surface area contributed by atoms with E-state index < -0.39 is 112 Å². The Hall–Kier alpha value is -5.84. The van der Waals surface area contributed by atoms with Crippen LogP contribution in [0.25, 0.3) is 5.69 Å². The third kappa shape index (κ3) is 15.9. The molecule has 2 aromatic carbocycles. The number of urea groups is 1. The number of hydrogen-bond donors (Lipinski definition) is 5. The number of carbonyl (C=O) groups excluding carboxylic acids is 7. The van der Waals surface area contributed by atoms with Crippen LogP contribution in [0.3, 0.4) is 0 Å². The quantitative estimate of drug-likeness (QED) is 0.0221. The van der Waals surface area contributed by atoms with Gasteiger partial charge in [0.1, 0.15) is 30.6 Å². The van der Waals surface area contributed by atoms with Gasteiger partial charge < -0.3 is 40.4 Å². The summed E-state index contributed by atoms with van der Waals surface area (Å²) < 4.78 is 81.4. The highest BCUT2D eigenvalue weighted by Gasteiger charge is 2.82. The van der Waals surface area contributed by atoms with E-state index in [1.165, 1.54) is 24.6 Å². The molecule has 1 aromatic heterocycles. The Balaban J connectivity index is 0.774. The SMILES string of the molecule is CCc1ccc(-n2nnc3c2CCCCCC3OCC(=O)C[C@H](C(=O)N[C@@H](CCCNC(N)=O)C(=O)Cc2ccc(COP(=O)(O)CCCCCCCCC(=O)O[C@]3(C(=O)SCF)[C@H](C)C[C@@]4(C)[C@@H]5C[C@H](F)C6=CC(=O)C=C[C@]6(C)[C@@]5(F)[C@@H](O)C[C@@]43C)cc2)C(C)C)cc1. The van der Waals surface area contributed by atoms with Crippen molar-refractivity contribution < 1.29 is 75.3 Å². The molecular formula is C70H96F3N6O13PS. The van der Waals surface area contributed by atoms with Crippen molar-refractivity contribution >= 4 is 59.7 Å². The summed E-state index contributed by atoms with van der Waals surface area (Å²) in [4.78, 5) is 104. The van der Waals surface area contributed by atoms with Gasteiger partial charge in [-0.05, 0) is 147 Å². The second-order valence-electron chi connectivity index (χ2n) is 27.7. The monoisotopic (exact) mass is 1350 g/mol. The summed E-state index contributed by atoms with van der Waals surface area (Å²) in [6.07, 6.45) is 7.67. The molecule has 3 fully saturated rings. The maximum absolute atomic E-state index is 18.1. The lowest BCUT2D eigenvalue weighted by molar-refractivity contribution is -0.254. The Bertz CT molecular complexity index is 3330. The average molecular weight is 1350 g/mol. The number of benzene rings is 2. The number of thioether (sulfide) groups is 1. The first-order valence-corrected chi connectivity index (χ1v) is 36.3. The molecule has 3 aromatic rings. The number of ketones is 3. The Morgan fingerprint density at radius 2 is 1.61 bits per heavy atom. The van der Waals surface area contributed by atoms with Crippen LogP contribution in [-0.4, -0.2) is 120 Å². The van der Waals surface area contributed by atoms with Gasteiger partial charge >= 0.3 is 19.6 Å². The van der Waals surface area contributed by atoms with Crippen molar-refractivity contribution in [1.82, 2.24) is 25.6 Å². The van der Waals surface area contributed by atoms with Crippen molar-refractivity contribution in [1.29, 1.82) is 0 Å². The van der Waals surface area contributed by atoms with E-state index in [4.69, 9.17) is 19.7 Å². The highest BCUT2D eigenvalue weighted by molar-refractivity contribution is 8.13. The molecule has 0 saturated heterocycles. The summed E-state index contributed by atoms with van der Waals surface area (Å²) in [5, 5.41) is 25.6. The Morgan fingerprint density at radius 1 is 0.926 bits per heavy atom. The van der Waals surface area contributed by atoms with Gasteiger partial charge in [-0.2, -0.15) is 0 Å². The molecule has 24 heteroatoms. The number of nitrogens with two attached hydrogens (primary N) is 1. The number of nitrogens with zero attached hydrogens (tertiary/aromatic N) is 3. The molecule has 94 heavy (non-hydrogen) atoms. The summed E-state index contributed by atoms with van der Waals surface area (Å²) in [5.41, 5.74) is 1.47. The number of allylic oxidation sites excluding steroid dienone is 4. The smallest absolute Gasteiger partial charge is 0.328 e. The van der Waals surface area contributed by atoms with Crippen LogP contribution < -0.4 is 16.4 Å². The van der Waals surface area contributed by atoms with Crippen molar-refractivity contribution in [3.05, 3.63) is 100 Å². The van der Waals surface area contributed by atoms with Gasteiger partial charge in [0, 0.05) is 60.6 Å². The number of carbonyl (C=O) groups is 7. The van der Waals surface area contributed by atoms with Crippen LogP contribution in [0, 0.1) is 39.9 Å². The normalized spacial score (nSPS) is 28.5. The molecule has 0 bridgehead atoms. The van der Waals surface area contributed by atoms with Crippen LogP contribution in [0.2, 0.25) is 0 Å². The number of aryl methyl sites for hydroxylation is 1. The maximum atomic E-state index is 18.1. The minimum Gasteiger partial charge on any atom is -0.449 e. The molecule has 3 saturated carbocycles. The molecule has 5 aliphatic carbocycles. The standard InChI is InChI=1S/C70H96F3N6O13PS/c1-8-46-27-29-49(30-28-46)79-56-20-14-13-15-21-58(62(56)77-78-79)90-42-51(81)36-52(44(2)3)63(85)76-55(19-18-33-75-65(74)87)57(82)35-47-23-25-48(26-24-47)41-91-93(88,89)34-17-12-10-9-11-16-22-61(84)92-70(64(86)94-43-71)45(4)39-67(6)59-38-54(72)53-37-50(80)31-32-66(53,5)69(59,73)60(83)40-68(67,70)7/h23-32,37,44-45,52,54-55,58-60,83H,8-22,33-36,38-43H2,1-7H3,(H,76,85)(H,88,89)(H3,74,75,87)/t45-,52+,54+,55+,58?,59+,60+,66+,67+,68+,69+,70+/m1/s1. The molecule has 8 rings (SSSR count). The van der Waals surface area contributed by atoms with E-state index in [-0.39, 0.29) is 93.9 Å². The maximum Gasteiger partial charge on any atom is 0.328 e. The Morgan fingerprint density at radius 3 is 2.29 bits per heavy atom. The fraction of sp³-hybridized carbons (Fsp3) is 0.643. The van der Waals surface area contributed by atoms with Gasteiger partial charge in [-0.3, -0.25) is 33.3 Å². The summed E-state index contributed by atoms with van der Waals surface area (Å²) >= 11 is 0.351. The lowest BCUT2D eigenvalue weighted by Crippen LogP contribution is -2.73. The number of aliphatic hydroxyl groups excluding tert-OH is 1. The molecule has 516 valence electrons. The minimum atomic E-state index is -4.02. The predicted octanol–water partition coefficient (Wildman–Crippen LogP) is 11.8. The van der Waals surface area contributed by atoms with Gasteiger partial charge in [0.25, 0.3) is 0 Å². The van der Waals surface area contributed by atoms with E-state index in [1.807, 2.05) is 30.7 Å². The number of ether oxygens (including phenoxy) is 2. The second kappa shape index (κ2) is 31.6. The zero-order valence-corrected chi connectivity index (χ0v) is 57.2. The Kier molecular flexibility index (Phi) is 24.8. The molecule has 1 heterocycles. The number of unbranched alkanes of at least 4 members (excludes halogenated alkanes) is 5. The fourth-order valence-corrected chi connectivity index (χ4v) is 17.8. The lowest BCUT2D eigenvalue weighted by atomic mass is 9.40. The number of aromatic nitrogens is 3. The molecule has 5 aliphatic rings. The van der Waals surface area contributed by atoms with E-state index in [9.17, 15) is 52.5 Å². The number of nitrogens with one attached hydrogen (secondary N) is 2. The number of hydrogen-bond acceptors (Lipinski definition) is 15. The summed E-state index contributed by atoms with van der Waals surface area (Å²) in [7, 11) is -4.02. The molecule has 3 amide bonds. The molecule has 0 aliphatic heterocycles. The summed E-state index contributed by atoms with van der Waals surface area (Å²) in [5.74, 6) is -5.20. The molecule has 0 radical (unpaired) electrons. The van der Waals surface area contributed by atoms with Crippen LogP contribution in [0.15, 0.2) is 72.3 Å². The molecule has 2 unspecified atom stereocenters. The number of esters is 1. The predicted molar refractivity (Wildman–Crippen MR) is 350 cm³/mol. The largest absolute Gasteiger partial charge is 0.449 e.